The van der Waals surface area contributed by atoms with Crippen molar-refractivity contribution in [2.45, 2.75) is 25.4 Å². The fourth-order valence-electron chi connectivity index (χ4n) is 3.11. The van der Waals surface area contributed by atoms with E-state index in [1.54, 1.807) is 17.2 Å². The van der Waals surface area contributed by atoms with Crippen molar-refractivity contribution < 1.29 is 14.0 Å². The Bertz CT molecular complexity index is 700. The van der Waals surface area contributed by atoms with Crippen LogP contribution in [0.25, 0.3) is 0 Å². The van der Waals surface area contributed by atoms with Crippen molar-refractivity contribution >= 4 is 17.5 Å². The minimum Gasteiger partial charge on any atom is -0.467 e. The molecule has 0 bridgehead atoms. The van der Waals surface area contributed by atoms with Gasteiger partial charge in [-0.05, 0) is 37.1 Å². The van der Waals surface area contributed by atoms with E-state index in [1.165, 1.54) is 0 Å². The van der Waals surface area contributed by atoms with E-state index in [9.17, 15) is 9.59 Å². The first kappa shape index (κ1) is 17.1. The van der Waals surface area contributed by atoms with Crippen LogP contribution >= 0.6 is 0 Å². The van der Waals surface area contributed by atoms with E-state index in [1.807, 2.05) is 48.3 Å². The topological polar surface area (TPSA) is 65.8 Å². The van der Waals surface area contributed by atoms with Gasteiger partial charge in [-0.2, -0.15) is 0 Å². The van der Waals surface area contributed by atoms with Crippen LogP contribution in [-0.4, -0.2) is 42.9 Å². The molecular formula is C19H23N3O3. The zero-order valence-corrected chi connectivity index (χ0v) is 14.4. The third-order valence-electron chi connectivity index (χ3n) is 4.46. The minimum absolute atomic E-state index is 0.0259. The van der Waals surface area contributed by atoms with Gasteiger partial charge in [0.1, 0.15) is 11.8 Å². The second-order valence-electron chi connectivity index (χ2n) is 6.23. The lowest BCUT2D eigenvalue weighted by Gasteiger charge is -2.27. The van der Waals surface area contributed by atoms with E-state index >= 15 is 0 Å². The summed E-state index contributed by atoms with van der Waals surface area (Å²) in [5.74, 6) is 0.555. The van der Waals surface area contributed by atoms with E-state index in [0.29, 0.717) is 25.3 Å². The standard InChI is InChI=1S/C19H23N3O3/c1-21(15-7-3-2-4-8-15)14-18(23)22-11-5-10-17(22)19(24)20-13-16-9-6-12-25-16/h2-4,6-9,12,17H,5,10-11,13-14H2,1H3,(H,20,24)/t17-/m0/s1. The lowest BCUT2D eigenvalue weighted by Crippen LogP contribution is -2.48. The van der Waals surface area contributed by atoms with Crippen molar-refractivity contribution in [2.75, 3.05) is 25.0 Å². The molecule has 1 aliphatic heterocycles. The molecule has 6 nitrogen and oxygen atoms in total. The van der Waals surface area contributed by atoms with Crippen LogP contribution in [0.5, 0.6) is 0 Å². The van der Waals surface area contributed by atoms with Crippen LogP contribution in [0.4, 0.5) is 5.69 Å². The van der Waals surface area contributed by atoms with Gasteiger partial charge >= 0.3 is 0 Å². The van der Waals surface area contributed by atoms with Crippen LogP contribution in [0.1, 0.15) is 18.6 Å². The molecule has 2 amide bonds. The van der Waals surface area contributed by atoms with Crippen LogP contribution in [0.2, 0.25) is 0 Å². The molecule has 6 heteroatoms. The zero-order valence-electron chi connectivity index (χ0n) is 14.4. The number of furan rings is 1. The number of benzene rings is 1. The summed E-state index contributed by atoms with van der Waals surface area (Å²) in [6, 6.07) is 13.0. The predicted molar refractivity (Wildman–Crippen MR) is 95.0 cm³/mol. The minimum atomic E-state index is -0.397. The Morgan fingerprint density at radius 2 is 2.04 bits per heavy atom. The highest BCUT2D eigenvalue weighted by Gasteiger charge is 2.34. The first-order chi connectivity index (χ1) is 12.1. The average Bonchev–Trinajstić information content (AvgIpc) is 3.32. The van der Waals surface area contributed by atoms with Crippen LogP contribution in [0.15, 0.2) is 53.1 Å². The molecule has 0 saturated carbocycles. The molecule has 1 N–H and O–H groups in total. The summed E-state index contributed by atoms with van der Waals surface area (Å²) < 4.78 is 5.22. The molecule has 1 atom stereocenters. The largest absolute Gasteiger partial charge is 0.467 e. The highest BCUT2D eigenvalue weighted by atomic mass is 16.3. The van der Waals surface area contributed by atoms with Crippen molar-refractivity contribution in [3.63, 3.8) is 0 Å². The van der Waals surface area contributed by atoms with Crippen LogP contribution < -0.4 is 10.2 Å². The van der Waals surface area contributed by atoms with Gasteiger partial charge in [0.25, 0.3) is 0 Å². The number of rotatable bonds is 6. The maximum absolute atomic E-state index is 12.7. The van der Waals surface area contributed by atoms with Crippen molar-refractivity contribution in [1.29, 1.82) is 0 Å². The third-order valence-corrected chi connectivity index (χ3v) is 4.46. The number of carbonyl (C=O) groups excluding carboxylic acids is 2. The molecule has 0 spiro atoms. The van der Waals surface area contributed by atoms with E-state index < -0.39 is 6.04 Å². The fraction of sp³-hybridized carbons (Fsp3) is 0.368. The van der Waals surface area contributed by atoms with Crippen molar-refractivity contribution in [1.82, 2.24) is 10.2 Å². The Hall–Kier alpha value is -2.76. The highest BCUT2D eigenvalue weighted by molar-refractivity contribution is 5.90. The summed E-state index contributed by atoms with van der Waals surface area (Å²) in [5.41, 5.74) is 0.980. The number of hydrogen-bond donors (Lipinski definition) is 1. The number of nitrogens with one attached hydrogen (secondary N) is 1. The van der Waals surface area contributed by atoms with Gasteiger partial charge in [0, 0.05) is 19.3 Å². The van der Waals surface area contributed by atoms with Gasteiger partial charge in [0.2, 0.25) is 11.8 Å². The van der Waals surface area contributed by atoms with Gasteiger partial charge < -0.3 is 19.5 Å². The summed E-state index contributed by atoms with van der Waals surface area (Å²) >= 11 is 0. The van der Waals surface area contributed by atoms with Crippen LogP contribution in [-0.2, 0) is 16.1 Å². The second-order valence-corrected chi connectivity index (χ2v) is 6.23. The van der Waals surface area contributed by atoms with Crippen LogP contribution in [0, 0.1) is 0 Å². The smallest absolute Gasteiger partial charge is 0.243 e. The lowest BCUT2D eigenvalue weighted by atomic mass is 10.2. The van der Waals surface area contributed by atoms with Crippen molar-refractivity contribution in [3.05, 3.63) is 54.5 Å². The number of likely N-dealkylation sites (N-methyl/N-ethyl adjacent to an activating group) is 1. The number of likely N-dealkylation sites (tertiary alicyclic amines) is 1. The number of nitrogens with zero attached hydrogens (tertiary/aromatic N) is 2. The maximum atomic E-state index is 12.7. The van der Waals surface area contributed by atoms with E-state index in [0.717, 1.165) is 12.1 Å². The summed E-state index contributed by atoms with van der Waals surface area (Å²) in [6.07, 6.45) is 3.12. The van der Waals surface area contributed by atoms with Gasteiger partial charge in [-0.25, -0.2) is 0 Å². The Kier molecular flexibility index (Phi) is 5.38. The Balaban J connectivity index is 1.56. The number of amides is 2. The molecule has 0 aliphatic carbocycles. The molecule has 1 aromatic heterocycles. The molecule has 3 rings (SSSR count). The summed E-state index contributed by atoms with van der Waals surface area (Å²) in [6.45, 7) is 1.22. The first-order valence-corrected chi connectivity index (χ1v) is 8.51. The third kappa shape index (κ3) is 4.21. The van der Waals surface area contributed by atoms with Crippen molar-refractivity contribution in [2.24, 2.45) is 0 Å². The SMILES string of the molecule is CN(CC(=O)N1CCC[C@H]1C(=O)NCc1ccco1)c1ccccc1. The van der Waals surface area contributed by atoms with Gasteiger partial charge in [0.15, 0.2) is 0 Å². The monoisotopic (exact) mass is 341 g/mol. The van der Waals surface area contributed by atoms with Crippen molar-refractivity contribution in [3.8, 4) is 0 Å². The molecule has 0 radical (unpaired) electrons. The maximum Gasteiger partial charge on any atom is 0.243 e. The molecule has 25 heavy (non-hydrogen) atoms. The fourth-order valence-corrected chi connectivity index (χ4v) is 3.11. The summed E-state index contributed by atoms with van der Waals surface area (Å²) in [7, 11) is 1.88. The van der Waals surface area contributed by atoms with E-state index in [2.05, 4.69) is 5.32 Å². The van der Waals surface area contributed by atoms with E-state index in [4.69, 9.17) is 4.42 Å². The molecule has 2 aromatic rings. The zero-order chi connectivity index (χ0) is 17.6. The molecule has 1 fully saturated rings. The van der Waals surface area contributed by atoms with Gasteiger partial charge in [-0.3, -0.25) is 9.59 Å². The molecule has 0 unspecified atom stereocenters. The quantitative estimate of drug-likeness (QED) is 0.873. The Labute approximate surface area is 147 Å². The molecule has 2 heterocycles. The summed E-state index contributed by atoms with van der Waals surface area (Å²) in [4.78, 5) is 28.7. The normalized spacial score (nSPS) is 16.7. The number of para-hydroxylation sites is 1. The average molecular weight is 341 g/mol. The molecule has 1 aromatic carbocycles. The predicted octanol–water partition coefficient (Wildman–Crippen LogP) is 2.02. The molecular weight excluding hydrogens is 318 g/mol. The van der Waals surface area contributed by atoms with Gasteiger partial charge in [0.05, 0.1) is 19.4 Å². The summed E-state index contributed by atoms with van der Waals surface area (Å²) in [5, 5.41) is 2.86. The number of hydrogen-bond acceptors (Lipinski definition) is 4. The van der Waals surface area contributed by atoms with E-state index in [-0.39, 0.29) is 18.4 Å². The van der Waals surface area contributed by atoms with Gasteiger partial charge in [-0.1, -0.05) is 18.2 Å². The highest BCUT2D eigenvalue weighted by Crippen LogP contribution is 2.19. The number of carbonyl (C=O) groups is 2. The molecule has 1 saturated heterocycles. The molecule has 132 valence electrons. The first-order valence-electron chi connectivity index (χ1n) is 8.51. The second kappa shape index (κ2) is 7.88. The number of anilines is 1. The Morgan fingerprint density at radius 3 is 2.76 bits per heavy atom. The van der Waals surface area contributed by atoms with Gasteiger partial charge in [-0.15, -0.1) is 0 Å². The van der Waals surface area contributed by atoms with Crippen LogP contribution in [0.3, 0.4) is 0 Å². The molecule has 1 aliphatic rings. The lowest BCUT2D eigenvalue weighted by molar-refractivity contribution is -0.137. The Morgan fingerprint density at radius 1 is 1.24 bits per heavy atom.